The van der Waals surface area contributed by atoms with Gasteiger partial charge in [-0.2, -0.15) is 0 Å². The Morgan fingerprint density at radius 3 is 2.25 bits per heavy atom. The van der Waals surface area contributed by atoms with E-state index in [1.54, 1.807) is 0 Å². The number of carbonyl (C=O) groups excluding carboxylic acids is 4. The van der Waals surface area contributed by atoms with Crippen molar-refractivity contribution in [2.24, 2.45) is 62.1 Å². The van der Waals surface area contributed by atoms with Crippen LogP contribution in [0, 0.1) is 62.1 Å². The third kappa shape index (κ3) is 6.16. The van der Waals surface area contributed by atoms with Gasteiger partial charge in [-0.15, -0.1) is 0 Å². The smallest absolute Gasteiger partial charge is 0.325 e. The van der Waals surface area contributed by atoms with Crippen molar-refractivity contribution in [3.8, 4) is 0 Å². The zero-order valence-corrected chi connectivity index (χ0v) is 34.6. The van der Waals surface area contributed by atoms with Crippen LogP contribution >= 0.6 is 0 Å². The average molecular weight is 755 g/mol. The zero-order valence-electron chi connectivity index (χ0n) is 34.6. The first-order chi connectivity index (χ1) is 25.9. The molecule has 2 bridgehead atoms. The van der Waals surface area contributed by atoms with E-state index in [9.17, 15) is 19.2 Å². The second-order valence-corrected chi connectivity index (χ2v) is 21.1. The van der Waals surface area contributed by atoms with Crippen molar-refractivity contribution in [1.29, 1.82) is 0 Å². The van der Waals surface area contributed by atoms with Gasteiger partial charge in [0.1, 0.15) is 19.3 Å². The van der Waals surface area contributed by atoms with Gasteiger partial charge in [-0.05, 0) is 147 Å². The Morgan fingerprint density at radius 1 is 0.855 bits per heavy atom. The summed E-state index contributed by atoms with van der Waals surface area (Å²) in [7, 11) is 0. The predicted octanol–water partition coefficient (Wildman–Crippen LogP) is 8.08. The fourth-order valence-corrected chi connectivity index (χ4v) is 14.3. The lowest BCUT2D eigenvalue weighted by molar-refractivity contribution is -0.195. The quantitative estimate of drug-likeness (QED) is 0.281. The fourth-order valence-electron chi connectivity index (χ4n) is 14.3. The highest BCUT2D eigenvalue weighted by atomic mass is 16.5. The summed E-state index contributed by atoms with van der Waals surface area (Å²) in [6.45, 7) is 19.3. The number of allylic oxidation sites excluding steroid dienone is 2. The summed E-state index contributed by atoms with van der Waals surface area (Å²) in [5.74, 6) is 0.115. The average Bonchev–Trinajstić information content (AvgIpc) is 3.15. The number of carbonyl (C=O) groups is 4. The number of nitrogens with one attached hydrogen (secondary N) is 1. The normalized spacial score (nSPS) is 44.1. The van der Waals surface area contributed by atoms with Gasteiger partial charge in [0.25, 0.3) is 0 Å². The number of piperidine rings is 3. The molecule has 1 N–H and O–H groups in total. The van der Waals surface area contributed by atoms with Crippen LogP contribution in [0.5, 0.6) is 0 Å². The molecule has 0 unspecified atom stereocenters. The Hall–Kier alpha value is -3.00. The Bertz CT molecular complexity index is 1750. The summed E-state index contributed by atoms with van der Waals surface area (Å²) in [6.07, 6.45) is 12.1. The highest BCUT2D eigenvalue weighted by molar-refractivity contribution is 5.96. The lowest BCUT2D eigenvalue weighted by atomic mass is 9.33. The molecule has 1 amide bonds. The molecule has 300 valence electrons. The van der Waals surface area contributed by atoms with Gasteiger partial charge in [-0.1, -0.05) is 77.4 Å². The molecule has 8 heteroatoms. The zero-order chi connectivity index (χ0) is 39.2. The van der Waals surface area contributed by atoms with Crippen LogP contribution in [0.2, 0.25) is 0 Å². The number of hydrogen-bond donors (Lipinski definition) is 1. The molecule has 8 nitrogen and oxygen atoms in total. The van der Waals surface area contributed by atoms with Gasteiger partial charge in [-0.3, -0.25) is 24.1 Å². The molecule has 3 saturated heterocycles. The first-order valence-corrected chi connectivity index (χ1v) is 21.6. The number of ketones is 1. The van der Waals surface area contributed by atoms with Crippen LogP contribution in [0.3, 0.4) is 0 Å². The summed E-state index contributed by atoms with van der Waals surface area (Å²) in [5, 5.41) is 2.99. The van der Waals surface area contributed by atoms with Crippen molar-refractivity contribution < 1.29 is 28.7 Å². The van der Waals surface area contributed by atoms with E-state index in [-0.39, 0.29) is 93.6 Å². The van der Waals surface area contributed by atoms with Gasteiger partial charge in [0, 0.05) is 18.4 Å². The first kappa shape index (κ1) is 38.9. The van der Waals surface area contributed by atoms with Crippen molar-refractivity contribution >= 4 is 23.6 Å². The van der Waals surface area contributed by atoms with Crippen molar-refractivity contribution in [3.05, 3.63) is 47.5 Å². The maximum Gasteiger partial charge on any atom is 0.325 e. The van der Waals surface area contributed by atoms with Crippen LogP contribution in [0.1, 0.15) is 125 Å². The minimum Gasteiger partial charge on any atom is -0.460 e. The number of fused-ring (bicyclic) bond motifs is 10. The van der Waals surface area contributed by atoms with E-state index in [2.05, 4.69) is 64.8 Å². The van der Waals surface area contributed by atoms with Crippen LogP contribution in [-0.4, -0.2) is 60.8 Å². The number of hydrogen-bond acceptors (Lipinski definition) is 7. The van der Waals surface area contributed by atoms with Gasteiger partial charge in [0.05, 0.1) is 5.41 Å². The maximum atomic E-state index is 14.9. The highest BCUT2D eigenvalue weighted by Crippen LogP contribution is 2.75. The van der Waals surface area contributed by atoms with Gasteiger partial charge in [-0.25, -0.2) is 0 Å². The molecule has 10 atom stereocenters. The molecule has 0 spiro atoms. The molecule has 7 fully saturated rings. The van der Waals surface area contributed by atoms with Crippen LogP contribution in [-0.2, 0) is 35.3 Å². The van der Waals surface area contributed by atoms with E-state index in [0.29, 0.717) is 18.8 Å². The Kier molecular flexibility index (Phi) is 9.57. The topological polar surface area (TPSA) is 102 Å². The predicted molar refractivity (Wildman–Crippen MR) is 211 cm³/mol. The molecule has 3 aliphatic heterocycles. The number of amides is 1. The number of nitrogens with zero attached hydrogens (tertiary/aromatic N) is 1. The highest BCUT2D eigenvalue weighted by Gasteiger charge is 2.70. The first-order valence-electron chi connectivity index (χ1n) is 21.6. The van der Waals surface area contributed by atoms with E-state index < -0.39 is 5.41 Å². The molecule has 4 saturated carbocycles. The number of benzene rings is 1. The Balaban J connectivity index is 0.988. The van der Waals surface area contributed by atoms with Crippen molar-refractivity contribution in [3.63, 3.8) is 0 Å². The second-order valence-electron chi connectivity index (χ2n) is 21.1. The van der Waals surface area contributed by atoms with Crippen LogP contribution in [0.15, 0.2) is 42.0 Å². The van der Waals surface area contributed by atoms with Crippen molar-refractivity contribution in [1.82, 2.24) is 10.2 Å². The molecule has 0 aromatic heterocycles. The molecule has 1 aromatic carbocycles. The van der Waals surface area contributed by atoms with Crippen molar-refractivity contribution in [2.75, 3.05) is 26.2 Å². The van der Waals surface area contributed by atoms with Crippen LogP contribution < -0.4 is 5.32 Å². The summed E-state index contributed by atoms with van der Waals surface area (Å²) in [4.78, 5) is 58.0. The van der Waals surface area contributed by atoms with E-state index in [4.69, 9.17) is 9.47 Å². The van der Waals surface area contributed by atoms with Gasteiger partial charge < -0.3 is 14.8 Å². The van der Waals surface area contributed by atoms with E-state index in [1.807, 2.05) is 30.3 Å². The molecule has 3 heterocycles. The molecule has 5 aliphatic carbocycles. The van der Waals surface area contributed by atoms with Crippen LogP contribution in [0.4, 0.5) is 0 Å². The van der Waals surface area contributed by atoms with Gasteiger partial charge in [0.2, 0.25) is 5.91 Å². The second kappa shape index (κ2) is 13.6. The summed E-state index contributed by atoms with van der Waals surface area (Å²) in [6, 6.07) is 9.89. The molecular weight excluding hydrogens is 689 g/mol. The molecule has 0 radical (unpaired) electrons. The third-order valence-electron chi connectivity index (χ3n) is 17.9. The lowest BCUT2D eigenvalue weighted by Gasteiger charge is -2.70. The Labute approximate surface area is 329 Å². The summed E-state index contributed by atoms with van der Waals surface area (Å²) >= 11 is 0. The van der Waals surface area contributed by atoms with E-state index >= 15 is 0 Å². The lowest BCUT2D eigenvalue weighted by Crippen LogP contribution is -2.66. The molecule has 1 aromatic rings. The number of rotatable bonds is 7. The summed E-state index contributed by atoms with van der Waals surface area (Å²) < 4.78 is 11.9. The summed E-state index contributed by atoms with van der Waals surface area (Å²) in [5.41, 5.74) is 0.722. The standard InChI is InChI=1S/C47H66N2O6/c1-42(2)32(40(52)48-27-38(51)55-36-28-49-23-15-31(36)16-24-49)13-17-45(5)37(42)14-18-47(7)39(45)35(50)25-33-34-26-44(4,20-19-43(34,3)21-22-46(33,47)6)41(53)54-29-30-11-9-8-10-12-30/h8-12,25,31-32,34,36-37,39H,13-24,26-29H2,1-7H3,(H,48,52)/t32-,34+,36+,37+,39-,43-,44+,45+,46-,47-/m1/s1. The number of ether oxygens (including phenoxy) is 2. The van der Waals surface area contributed by atoms with E-state index in [1.165, 1.54) is 5.57 Å². The molecule has 55 heavy (non-hydrogen) atoms. The van der Waals surface area contributed by atoms with Gasteiger partial charge >= 0.3 is 11.9 Å². The largest absolute Gasteiger partial charge is 0.460 e. The van der Waals surface area contributed by atoms with Crippen LogP contribution in [0.25, 0.3) is 0 Å². The number of esters is 2. The minimum absolute atomic E-state index is 0.0446. The maximum absolute atomic E-state index is 14.9. The van der Waals surface area contributed by atoms with Crippen molar-refractivity contribution in [2.45, 2.75) is 132 Å². The molecular formula is C47H66N2O6. The SMILES string of the molecule is CC1(C)[C@@H](C(=O)NCC(=O)O[C@H]2CN3CCC2CC3)CC[C@]2(C)[C@H]3C(=O)C=C4[C@@H]5C[C@@](C)(C(=O)OCc6ccccc6)CC[C@]5(C)CC[C@@]4(C)[C@]3(C)CC[C@@H]12. The van der Waals surface area contributed by atoms with Gasteiger partial charge in [0.15, 0.2) is 5.78 Å². The monoisotopic (exact) mass is 754 g/mol. The third-order valence-corrected chi connectivity index (χ3v) is 17.9. The van der Waals surface area contributed by atoms with E-state index in [0.717, 1.165) is 83.0 Å². The Morgan fingerprint density at radius 2 is 1.56 bits per heavy atom. The minimum atomic E-state index is -0.601. The molecule has 8 aliphatic rings. The molecule has 9 rings (SSSR count). The fraction of sp³-hybridized carbons (Fsp3) is 0.745.